The minimum Gasteiger partial charge on any atom is -0.496 e. The summed E-state index contributed by atoms with van der Waals surface area (Å²) in [7, 11) is 3.29. The number of pyridine rings is 1. The molecule has 0 fully saturated rings. The van der Waals surface area contributed by atoms with Crippen molar-refractivity contribution >= 4 is 5.97 Å². The average molecular weight is 385 g/mol. The fourth-order valence-electron chi connectivity index (χ4n) is 4.16. The Morgan fingerprint density at radius 2 is 2.00 bits per heavy atom. The van der Waals surface area contributed by atoms with Gasteiger partial charge in [0.25, 0.3) is 0 Å². The molecule has 0 bridgehead atoms. The predicted molar refractivity (Wildman–Crippen MR) is 107 cm³/mol. The summed E-state index contributed by atoms with van der Waals surface area (Å²) in [6.07, 6.45) is 3.04. The van der Waals surface area contributed by atoms with Gasteiger partial charge in [-0.25, -0.2) is 4.79 Å². The summed E-state index contributed by atoms with van der Waals surface area (Å²) in [5.41, 5.74) is 2.89. The minimum absolute atomic E-state index is 0.0493. The Morgan fingerprint density at radius 1 is 1.29 bits per heavy atom. The number of carboxylic acid groups (broad SMARTS) is 1. The van der Waals surface area contributed by atoms with E-state index in [2.05, 4.69) is 26.8 Å². The highest BCUT2D eigenvalue weighted by Gasteiger charge is 2.36. The van der Waals surface area contributed by atoms with Crippen molar-refractivity contribution in [3.63, 3.8) is 0 Å². The van der Waals surface area contributed by atoms with E-state index in [0.717, 1.165) is 35.3 Å². The molecule has 0 saturated heterocycles. The van der Waals surface area contributed by atoms with Gasteiger partial charge < -0.3 is 19.1 Å². The first kappa shape index (κ1) is 20.1. The molecule has 6 nitrogen and oxygen atoms in total. The molecule has 0 saturated carbocycles. The van der Waals surface area contributed by atoms with E-state index in [9.17, 15) is 14.7 Å². The molecule has 1 aromatic heterocycles. The van der Waals surface area contributed by atoms with Crippen LogP contribution in [0.3, 0.4) is 0 Å². The highest BCUT2D eigenvalue weighted by molar-refractivity contribution is 5.87. The number of ether oxygens (including phenoxy) is 2. The van der Waals surface area contributed by atoms with Gasteiger partial charge in [0, 0.05) is 36.4 Å². The number of aromatic carboxylic acids is 1. The zero-order valence-electron chi connectivity index (χ0n) is 17.0. The number of carbonyl (C=O) groups is 1. The smallest absolute Gasteiger partial charge is 0.341 e. The standard InChI is InChI=1S/C22H27NO5/c1-6-13-7-14-8-20(22(2,3)12-27-4)23-11-16(21(25)26)18(24)10-17(23)15(14)9-19(13)28-5/h7,9-11,20H,6,8,12H2,1-5H3,(H,25,26). The fraction of sp³-hybridized carbons (Fsp3) is 0.455. The number of hydrogen-bond acceptors (Lipinski definition) is 4. The second kappa shape index (κ2) is 7.43. The Bertz CT molecular complexity index is 974. The van der Waals surface area contributed by atoms with Crippen molar-refractivity contribution < 1.29 is 19.4 Å². The van der Waals surface area contributed by atoms with Crippen LogP contribution in [0.25, 0.3) is 11.3 Å². The van der Waals surface area contributed by atoms with E-state index in [1.165, 1.54) is 12.3 Å². The molecule has 1 unspecified atom stereocenters. The van der Waals surface area contributed by atoms with Crippen molar-refractivity contribution in [2.45, 2.75) is 39.7 Å². The maximum Gasteiger partial charge on any atom is 0.341 e. The molecule has 1 aliphatic heterocycles. The third-order valence-corrected chi connectivity index (χ3v) is 5.64. The predicted octanol–water partition coefficient (Wildman–Crippen LogP) is 3.55. The zero-order chi connectivity index (χ0) is 20.6. The topological polar surface area (TPSA) is 77.8 Å². The Balaban J connectivity index is 2.31. The van der Waals surface area contributed by atoms with Crippen LogP contribution >= 0.6 is 0 Å². The van der Waals surface area contributed by atoms with Crippen LogP contribution in [-0.4, -0.2) is 36.5 Å². The summed E-state index contributed by atoms with van der Waals surface area (Å²) < 4.78 is 12.9. The number of methoxy groups -OCH3 is 2. The third-order valence-electron chi connectivity index (χ3n) is 5.64. The molecule has 1 aromatic carbocycles. The van der Waals surface area contributed by atoms with Gasteiger partial charge >= 0.3 is 5.97 Å². The molecule has 2 aromatic rings. The van der Waals surface area contributed by atoms with E-state index in [1.807, 2.05) is 10.6 Å². The monoisotopic (exact) mass is 385 g/mol. The molecule has 2 heterocycles. The number of aromatic nitrogens is 1. The number of benzene rings is 1. The van der Waals surface area contributed by atoms with Crippen LogP contribution in [0.15, 0.2) is 29.2 Å². The van der Waals surface area contributed by atoms with E-state index in [-0.39, 0.29) is 17.0 Å². The van der Waals surface area contributed by atoms with Crippen LogP contribution in [0.2, 0.25) is 0 Å². The van der Waals surface area contributed by atoms with Crippen LogP contribution < -0.4 is 10.2 Å². The molecule has 1 atom stereocenters. The van der Waals surface area contributed by atoms with Gasteiger partial charge in [-0.3, -0.25) is 4.79 Å². The first-order valence-corrected chi connectivity index (χ1v) is 9.42. The number of rotatable bonds is 6. The van der Waals surface area contributed by atoms with Gasteiger partial charge in [0.2, 0.25) is 0 Å². The highest BCUT2D eigenvalue weighted by Crippen LogP contribution is 2.44. The van der Waals surface area contributed by atoms with Crippen molar-refractivity contribution in [2.24, 2.45) is 5.41 Å². The number of hydrogen-bond donors (Lipinski definition) is 1. The quantitative estimate of drug-likeness (QED) is 0.823. The maximum absolute atomic E-state index is 12.5. The second-order valence-electron chi connectivity index (χ2n) is 7.97. The normalized spacial score (nSPS) is 15.7. The lowest BCUT2D eigenvalue weighted by molar-refractivity contribution is 0.0615. The summed E-state index contributed by atoms with van der Waals surface area (Å²) in [5, 5.41) is 9.45. The molecule has 1 N–H and O–H groups in total. The summed E-state index contributed by atoms with van der Waals surface area (Å²) in [4.78, 5) is 24.0. The van der Waals surface area contributed by atoms with E-state index >= 15 is 0 Å². The number of carboxylic acids is 1. The molecule has 3 rings (SSSR count). The molecular formula is C22H27NO5. The maximum atomic E-state index is 12.5. The van der Waals surface area contributed by atoms with E-state index in [0.29, 0.717) is 12.3 Å². The Kier molecular flexibility index (Phi) is 5.35. The Morgan fingerprint density at radius 3 is 2.57 bits per heavy atom. The largest absolute Gasteiger partial charge is 0.496 e. The molecule has 0 aliphatic carbocycles. The number of nitrogens with zero attached hydrogens (tertiary/aromatic N) is 1. The summed E-state index contributed by atoms with van der Waals surface area (Å²) >= 11 is 0. The molecule has 150 valence electrons. The molecule has 6 heteroatoms. The van der Waals surface area contributed by atoms with Gasteiger partial charge in [-0.1, -0.05) is 26.8 Å². The fourth-order valence-corrected chi connectivity index (χ4v) is 4.16. The van der Waals surface area contributed by atoms with Crippen molar-refractivity contribution in [3.8, 4) is 17.0 Å². The van der Waals surface area contributed by atoms with Gasteiger partial charge in [0.1, 0.15) is 11.3 Å². The lowest BCUT2D eigenvalue weighted by Gasteiger charge is -2.41. The van der Waals surface area contributed by atoms with E-state index in [1.54, 1.807) is 14.2 Å². The van der Waals surface area contributed by atoms with Crippen LogP contribution in [0, 0.1) is 5.41 Å². The summed E-state index contributed by atoms with van der Waals surface area (Å²) in [6.45, 7) is 6.78. The van der Waals surface area contributed by atoms with Crippen molar-refractivity contribution in [1.29, 1.82) is 0 Å². The van der Waals surface area contributed by atoms with Crippen molar-refractivity contribution in [1.82, 2.24) is 4.57 Å². The highest BCUT2D eigenvalue weighted by atomic mass is 16.5. The van der Waals surface area contributed by atoms with Crippen LogP contribution in [-0.2, 0) is 17.6 Å². The first-order valence-electron chi connectivity index (χ1n) is 9.42. The second-order valence-corrected chi connectivity index (χ2v) is 7.97. The molecule has 0 radical (unpaired) electrons. The zero-order valence-corrected chi connectivity index (χ0v) is 17.0. The van der Waals surface area contributed by atoms with Crippen molar-refractivity contribution in [2.75, 3.05) is 20.8 Å². The lowest BCUT2D eigenvalue weighted by atomic mass is 9.77. The van der Waals surface area contributed by atoms with E-state index in [4.69, 9.17) is 9.47 Å². The van der Waals surface area contributed by atoms with Crippen LogP contribution in [0.5, 0.6) is 5.75 Å². The number of aryl methyl sites for hydroxylation is 1. The number of fused-ring (bicyclic) bond motifs is 3. The van der Waals surface area contributed by atoms with Crippen molar-refractivity contribution in [3.05, 3.63) is 51.3 Å². The van der Waals surface area contributed by atoms with Gasteiger partial charge in [-0.05, 0) is 30.0 Å². The van der Waals surface area contributed by atoms with Gasteiger partial charge in [0.05, 0.1) is 19.4 Å². The molecule has 0 spiro atoms. The molecular weight excluding hydrogens is 358 g/mol. The Hall–Kier alpha value is -2.60. The molecule has 28 heavy (non-hydrogen) atoms. The first-order chi connectivity index (χ1) is 13.2. The molecule has 1 aliphatic rings. The van der Waals surface area contributed by atoms with Crippen LogP contribution in [0.4, 0.5) is 0 Å². The SMILES string of the molecule is CCc1cc2c(cc1OC)-c1cc(=O)c(C(=O)O)cn1C(C(C)(C)COC)C2. The van der Waals surface area contributed by atoms with Gasteiger partial charge in [-0.2, -0.15) is 0 Å². The third kappa shape index (κ3) is 3.33. The van der Waals surface area contributed by atoms with Gasteiger partial charge in [0.15, 0.2) is 5.43 Å². The van der Waals surface area contributed by atoms with E-state index < -0.39 is 11.4 Å². The minimum atomic E-state index is -1.21. The van der Waals surface area contributed by atoms with Crippen LogP contribution in [0.1, 0.15) is 48.3 Å². The van der Waals surface area contributed by atoms with Gasteiger partial charge in [-0.15, -0.1) is 0 Å². The summed E-state index contributed by atoms with van der Waals surface area (Å²) in [5.74, 6) is -0.439. The molecule has 0 amide bonds. The average Bonchev–Trinajstić information content (AvgIpc) is 2.65. The lowest BCUT2D eigenvalue weighted by Crippen LogP contribution is -2.37. The Labute approximate surface area is 164 Å². The summed E-state index contributed by atoms with van der Waals surface area (Å²) in [6, 6.07) is 5.48.